The third-order valence-electron chi connectivity index (χ3n) is 7.33. The first kappa shape index (κ1) is 26.6. The number of hydrogen-bond acceptors (Lipinski definition) is 3. The summed E-state index contributed by atoms with van der Waals surface area (Å²) in [6.07, 6.45) is 6.20. The molecule has 37 heavy (non-hydrogen) atoms. The lowest BCUT2D eigenvalue weighted by Crippen LogP contribution is -2.41. The number of carboxylic acid groups (broad SMARTS) is 1. The molecule has 0 saturated heterocycles. The molecule has 0 aliphatic heterocycles. The molecule has 1 amide bonds. The molecule has 0 spiro atoms. The molecular formula is C32H38N2O3. The number of aliphatic carboxylic acids is 1. The topological polar surface area (TPSA) is 69.6 Å². The van der Waals surface area contributed by atoms with Crippen LogP contribution in [0.3, 0.4) is 0 Å². The molecule has 194 valence electrons. The Kier molecular flexibility index (Phi) is 9.50. The monoisotopic (exact) mass is 498 g/mol. The van der Waals surface area contributed by atoms with E-state index in [0.717, 1.165) is 68.3 Å². The van der Waals surface area contributed by atoms with Crippen molar-refractivity contribution >= 4 is 11.9 Å². The summed E-state index contributed by atoms with van der Waals surface area (Å²) < 4.78 is 0. The molecule has 3 aromatic carbocycles. The maximum atomic E-state index is 12.6. The quantitative estimate of drug-likeness (QED) is 0.312. The molecule has 1 aliphatic carbocycles. The number of nitrogens with one attached hydrogen (secondary N) is 1. The van der Waals surface area contributed by atoms with Gasteiger partial charge < -0.3 is 15.3 Å². The van der Waals surface area contributed by atoms with E-state index in [2.05, 4.69) is 35.3 Å². The predicted molar refractivity (Wildman–Crippen MR) is 149 cm³/mol. The fourth-order valence-corrected chi connectivity index (χ4v) is 5.46. The second kappa shape index (κ2) is 13.2. The Labute approximate surface area is 220 Å². The molecule has 0 aromatic heterocycles. The van der Waals surface area contributed by atoms with E-state index in [1.807, 2.05) is 54.6 Å². The molecular weight excluding hydrogens is 460 g/mol. The van der Waals surface area contributed by atoms with E-state index < -0.39 is 5.97 Å². The number of carboxylic acids is 1. The van der Waals surface area contributed by atoms with Gasteiger partial charge in [-0.25, -0.2) is 0 Å². The van der Waals surface area contributed by atoms with Crippen molar-refractivity contribution in [2.24, 2.45) is 0 Å². The van der Waals surface area contributed by atoms with Crippen LogP contribution in [0.2, 0.25) is 0 Å². The molecule has 0 heterocycles. The molecule has 0 bridgehead atoms. The van der Waals surface area contributed by atoms with Gasteiger partial charge in [-0.15, -0.1) is 0 Å². The number of benzene rings is 3. The molecule has 1 atom stereocenters. The summed E-state index contributed by atoms with van der Waals surface area (Å²) in [6, 6.07) is 24.6. The van der Waals surface area contributed by atoms with E-state index in [1.165, 1.54) is 11.1 Å². The summed E-state index contributed by atoms with van der Waals surface area (Å²) in [5.74, 6) is -0.787. The Morgan fingerprint density at radius 2 is 1.68 bits per heavy atom. The van der Waals surface area contributed by atoms with Crippen LogP contribution in [0, 0.1) is 0 Å². The first-order chi connectivity index (χ1) is 18.0. The van der Waals surface area contributed by atoms with Gasteiger partial charge in [0.15, 0.2) is 0 Å². The van der Waals surface area contributed by atoms with Crippen molar-refractivity contribution in [1.82, 2.24) is 10.2 Å². The summed E-state index contributed by atoms with van der Waals surface area (Å²) >= 11 is 0. The van der Waals surface area contributed by atoms with E-state index >= 15 is 0 Å². The highest BCUT2D eigenvalue weighted by Gasteiger charge is 2.25. The number of hydrogen-bond donors (Lipinski definition) is 2. The Hall–Kier alpha value is -3.44. The molecule has 0 fully saturated rings. The first-order valence-electron chi connectivity index (χ1n) is 13.5. The van der Waals surface area contributed by atoms with Crippen LogP contribution in [-0.4, -0.2) is 47.6 Å². The summed E-state index contributed by atoms with van der Waals surface area (Å²) in [4.78, 5) is 26.4. The second-order valence-corrected chi connectivity index (χ2v) is 9.96. The molecule has 2 N–H and O–H groups in total. The predicted octanol–water partition coefficient (Wildman–Crippen LogP) is 5.76. The Morgan fingerprint density at radius 3 is 2.41 bits per heavy atom. The standard InChI is InChI=1S/C32H38N2O3/c1-2-20-34(29-17-18-30-27(22-29)11-8-12-28(30)23-31(35)36)21-7-6-19-33-32(37)26-15-13-25(14-16-26)24-9-4-3-5-10-24/h3-5,8-16,29H,2,6-7,17-23H2,1H3,(H,33,37)(H,35,36)/t29-/m1/s1. The van der Waals surface area contributed by atoms with Gasteiger partial charge in [-0.3, -0.25) is 9.59 Å². The first-order valence-corrected chi connectivity index (χ1v) is 13.5. The second-order valence-electron chi connectivity index (χ2n) is 9.96. The largest absolute Gasteiger partial charge is 0.481 e. The van der Waals surface area contributed by atoms with Gasteiger partial charge >= 0.3 is 5.97 Å². The van der Waals surface area contributed by atoms with E-state index in [9.17, 15) is 14.7 Å². The average Bonchev–Trinajstić information content (AvgIpc) is 2.92. The normalized spacial score (nSPS) is 14.8. The van der Waals surface area contributed by atoms with Crippen LogP contribution in [0.25, 0.3) is 11.1 Å². The van der Waals surface area contributed by atoms with Crippen molar-refractivity contribution in [1.29, 1.82) is 0 Å². The lowest BCUT2D eigenvalue weighted by molar-refractivity contribution is -0.136. The molecule has 5 heteroatoms. The zero-order valence-electron chi connectivity index (χ0n) is 21.8. The van der Waals surface area contributed by atoms with Crippen LogP contribution in [-0.2, 0) is 24.1 Å². The number of amides is 1. The number of fused-ring (bicyclic) bond motifs is 1. The Balaban J connectivity index is 1.23. The maximum Gasteiger partial charge on any atom is 0.307 e. The van der Waals surface area contributed by atoms with Crippen LogP contribution in [0.5, 0.6) is 0 Å². The number of rotatable bonds is 12. The number of carbonyl (C=O) groups excluding carboxylic acids is 1. The highest BCUT2D eigenvalue weighted by atomic mass is 16.4. The minimum atomic E-state index is -0.764. The van der Waals surface area contributed by atoms with Crippen molar-refractivity contribution < 1.29 is 14.7 Å². The summed E-state index contributed by atoms with van der Waals surface area (Å²) in [5.41, 5.74) is 6.47. The van der Waals surface area contributed by atoms with Crippen LogP contribution in [0.4, 0.5) is 0 Å². The Bertz CT molecular complexity index is 1170. The van der Waals surface area contributed by atoms with Gasteiger partial charge in [0.1, 0.15) is 0 Å². The zero-order chi connectivity index (χ0) is 26.0. The molecule has 3 aromatic rings. The van der Waals surface area contributed by atoms with Gasteiger partial charge in [0, 0.05) is 18.2 Å². The van der Waals surface area contributed by atoms with Gasteiger partial charge in [0.25, 0.3) is 5.91 Å². The molecule has 0 saturated carbocycles. The van der Waals surface area contributed by atoms with Crippen molar-refractivity contribution in [3.63, 3.8) is 0 Å². The molecule has 0 radical (unpaired) electrons. The minimum absolute atomic E-state index is 0.0221. The zero-order valence-corrected chi connectivity index (χ0v) is 21.8. The lowest BCUT2D eigenvalue weighted by atomic mass is 9.84. The maximum absolute atomic E-state index is 12.6. The summed E-state index contributed by atoms with van der Waals surface area (Å²) in [5, 5.41) is 12.3. The third kappa shape index (κ3) is 7.30. The van der Waals surface area contributed by atoms with E-state index in [1.54, 1.807) is 0 Å². The molecule has 1 aliphatic rings. The lowest BCUT2D eigenvalue weighted by Gasteiger charge is -2.36. The molecule has 4 rings (SSSR count). The summed E-state index contributed by atoms with van der Waals surface area (Å²) in [7, 11) is 0. The van der Waals surface area contributed by atoms with Gasteiger partial charge in [0.05, 0.1) is 6.42 Å². The highest BCUT2D eigenvalue weighted by molar-refractivity contribution is 5.94. The van der Waals surface area contributed by atoms with E-state index in [4.69, 9.17) is 0 Å². The van der Waals surface area contributed by atoms with Gasteiger partial charge in [-0.05, 0) is 91.6 Å². The Morgan fingerprint density at radius 1 is 0.919 bits per heavy atom. The van der Waals surface area contributed by atoms with Crippen LogP contribution >= 0.6 is 0 Å². The fourth-order valence-electron chi connectivity index (χ4n) is 5.46. The van der Waals surface area contributed by atoms with Crippen LogP contribution in [0.15, 0.2) is 72.8 Å². The van der Waals surface area contributed by atoms with Crippen molar-refractivity contribution in [2.45, 2.75) is 57.9 Å². The van der Waals surface area contributed by atoms with Crippen molar-refractivity contribution in [3.8, 4) is 11.1 Å². The molecule has 0 unspecified atom stereocenters. The fraction of sp³-hybridized carbons (Fsp3) is 0.375. The SMILES string of the molecule is CCCN(CCCCNC(=O)c1ccc(-c2ccccc2)cc1)[C@@H]1CCc2c(CC(=O)O)cccc2C1. The third-order valence-corrected chi connectivity index (χ3v) is 7.33. The van der Waals surface area contributed by atoms with E-state index in [-0.39, 0.29) is 12.3 Å². The number of carbonyl (C=O) groups is 2. The smallest absolute Gasteiger partial charge is 0.307 e. The van der Waals surface area contributed by atoms with Gasteiger partial charge in [0.2, 0.25) is 0 Å². The number of nitrogens with zero attached hydrogens (tertiary/aromatic N) is 1. The van der Waals surface area contributed by atoms with Gasteiger partial charge in [-0.2, -0.15) is 0 Å². The average molecular weight is 499 g/mol. The van der Waals surface area contributed by atoms with Gasteiger partial charge in [-0.1, -0.05) is 67.6 Å². The van der Waals surface area contributed by atoms with Crippen molar-refractivity contribution in [3.05, 3.63) is 95.1 Å². The molecule has 5 nitrogen and oxygen atoms in total. The minimum Gasteiger partial charge on any atom is -0.481 e. The highest BCUT2D eigenvalue weighted by Crippen LogP contribution is 2.28. The van der Waals surface area contributed by atoms with E-state index in [0.29, 0.717) is 18.2 Å². The van der Waals surface area contributed by atoms with Crippen LogP contribution < -0.4 is 5.32 Å². The summed E-state index contributed by atoms with van der Waals surface area (Å²) in [6.45, 7) is 4.97. The van der Waals surface area contributed by atoms with Crippen molar-refractivity contribution in [2.75, 3.05) is 19.6 Å². The number of unbranched alkanes of at least 4 members (excludes halogenated alkanes) is 1. The van der Waals surface area contributed by atoms with Crippen LogP contribution in [0.1, 0.15) is 59.7 Å².